The fourth-order valence-electron chi connectivity index (χ4n) is 1.51. The first-order valence-corrected chi connectivity index (χ1v) is 6.38. The molecule has 0 saturated heterocycles. The quantitative estimate of drug-likeness (QED) is 0.782. The van der Waals surface area contributed by atoms with E-state index < -0.39 is 5.91 Å². The number of amides is 2. The minimum absolute atomic E-state index is 0.0759. The van der Waals surface area contributed by atoms with Crippen LogP contribution in [0.1, 0.15) is 30.6 Å². The van der Waals surface area contributed by atoms with Gasteiger partial charge in [0.25, 0.3) is 11.8 Å². The van der Waals surface area contributed by atoms with Crippen LogP contribution in [-0.2, 0) is 4.79 Å². The number of hydrogen-bond donors (Lipinski definition) is 2. The summed E-state index contributed by atoms with van der Waals surface area (Å²) in [4.78, 5) is 22.9. The molecule has 0 bridgehead atoms. The first kappa shape index (κ1) is 15.8. The molecule has 6 nitrogen and oxygen atoms in total. The Hall–Kier alpha value is -2.24. The highest BCUT2D eigenvalue weighted by Crippen LogP contribution is 2.24. The summed E-state index contributed by atoms with van der Waals surface area (Å²) < 4.78 is 10.4. The normalized spacial score (nSPS) is 11.6. The molecule has 1 aromatic rings. The molecule has 0 aromatic heterocycles. The van der Waals surface area contributed by atoms with Crippen molar-refractivity contribution in [3.05, 3.63) is 23.8 Å². The van der Waals surface area contributed by atoms with E-state index in [9.17, 15) is 9.59 Å². The van der Waals surface area contributed by atoms with Gasteiger partial charge in [-0.25, -0.2) is 0 Å². The van der Waals surface area contributed by atoms with E-state index in [-0.39, 0.29) is 29.9 Å². The maximum atomic E-state index is 11.6. The third-order valence-electron chi connectivity index (χ3n) is 2.83. The lowest BCUT2D eigenvalue weighted by atomic mass is 10.2. The van der Waals surface area contributed by atoms with Gasteiger partial charge in [0.1, 0.15) is 11.5 Å². The second kappa shape index (κ2) is 7.37. The van der Waals surface area contributed by atoms with Crippen molar-refractivity contribution in [1.82, 2.24) is 5.32 Å². The zero-order chi connectivity index (χ0) is 15.1. The van der Waals surface area contributed by atoms with Gasteiger partial charge in [0.15, 0.2) is 6.61 Å². The summed E-state index contributed by atoms with van der Waals surface area (Å²) in [6, 6.07) is 4.71. The van der Waals surface area contributed by atoms with Crippen molar-refractivity contribution in [2.45, 2.75) is 26.3 Å². The SMILES string of the molecule is CC[C@H](C)NC(=O)COc1cc(OC)ccc1C(N)=O. The van der Waals surface area contributed by atoms with E-state index in [1.807, 2.05) is 13.8 Å². The summed E-state index contributed by atoms with van der Waals surface area (Å²) >= 11 is 0. The van der Waals surface area contributed by atoms with Crippen molar-refractivity contribution in [3.63, 3.8) is 0 Å². The molecule has 20 heavy (non-hydrogen) atoms. The molecule has 0 fully saturated rings. The molecule has 110 valence electrons. The first-order valence-electron chi connectivity index (χ1n) is 6.38. The van der Waals surface area contributed by atoms with Crippen LogP contribution in [0.4, 0.5) is 0 Å². The van der Waals surface area contributed by atoms with Gasteiger partial charge >= 0.3 is 0 Å². The first-order chi connectivity index (χ1) is 9.47. The number of carbonyl (C=O) groups is 2. The Balaban J connectivity index is 2.75. The molecule has 0 aliphatic heterocycles. The number of ether oxygens (including phenoxy) is 2. The third-order valence-corrected chi connectivity index (χ3v) is 2.83. The van der Waals surface area contributed by atoms with E-state index in [0.717, 1.165) is 6.42 Å². The van der Waals surface area contributed by atoms with Gasteiger partial charge in [-0.05, 0) is 25.5 Å². The molecule has 0 heterocycles. The monoisotopic (exact) mass is 280 g/mol. The summed E-state index contributed by atoms with van der Waals surface area (Å²) in [5, 5.41) is 2.77. The van der Waals surface area contributed by atoms with Crippen LogP contribution in [0.25, 0.3) is 0 Å². The highest BCUT2D eigenvalue weighted by Gasteiger charge is 2.13. The highest BCUT2D eigenvalue weighted by atomic mass is 16.5. The number of rotatable bonds is 7. The van der Waals surface area contributed by atoms with Crippen molar-refractivity contribution >= 4 is 11.8 Å². The van der Waals surface area contributed by atoms with Crippen LogP contribution in [-0.4, -0.2) is 31.6 Å². The van der Waals surface area contributed by atoms with Crippen molar-refractivity contribution in [2.24, 2.45) is 5.73 Å². The molecule has 3 N–H and O–H groups in total. The number of methoxy groups -OCH3 is 1. The van der Waals surface area contributed by atoms with Gasteiger partial charge in [-0.1, -0.05) is 6.92 Å². The van der Waals surface area contributed by atoms with Gasteiger partial charge in [0.2, 0.25) is 0 Å². The molecule has 0 spiro atoms. The maximum absolute atomic E-state index is 11.6. The number of hydrogen-bond acceptors (Lipinski definition) is 4. The average Bonchev–Trinajstić information content (AvgIpc) is 2.44. The zero-order valence-corrected chi connectivity index (χ0v) is 11.9. The number of primary amides is 1. The minimum atomic E-state index is -0.620. The van der Waals surface area contributed by atoms with E-state index in [1.54, 1.807) is 6.07 Å². The molecule has 6 heteroatoms. The van der Waals surface area contributed by atoms with Gasteiger partial charge in [0.05, 0.1) is 12.7 Å². The lowest BCUT2D eigenvalue weighted by Gasteiger charge is -2.13. The topological polar surface area (TPSA) is 90.7 Å². The van der Waals surface area contributed by atoms with Crippen LogP contribution < -0.4 is 20.5 Å². The second-order valence-electron chi connectivity index (χ2n) is 4.39. The minimum Gasteiger partial charge on any atom is -0.497 e. The molecule has 2 amide bonds. The van der Waals surface area contributed by atoms with E-state index in [1.165, 1.54) is 19.2 Å². The van der Waals surface area contributed by atoms with Gasteiger partial charge in [-0.3, -0.25) is 9.59 Å². The Morgan fingerprint density at radius 2 is 2.10 bits per heavy atom. The fraction of sp³-hybridized carbons (Fsp3) is 0.429. The molecule has 1 aromatic carbocycles. The van der Waals surface area contributed by atoms with E-state index in [0.29, 0.717) is 5.75 Å². The molecular weight excluding hydrogens is 260 g/mol. The summed E-state index contributed by atoms with van der Waals surface area (Å²) in [6.45, 7) is 3.69. The van der Waals surface area contributed by atoms with E-state index >= 15 is 0 Å². The Morgan fingerprint density at radius 3 is 2.65 bits per heavy atom. The van der Waals surface area contributed by atoms with E-state index in [2.05, 4.69) is 5.32 Å². The smallest absolute Gasteiger partial charge is 0.258 e. The standard InChI is InChI=1S/C14H20N2O4/c1-4-9(2)16-13(17)8-20-12-7-10(19-3)5-6-11(12)14(15)18/h5-7,9H,4,8H2,1-3H3,(H2,15,18)(H,16,17)/t9-/m0/s1. The molecule has 1 rings (SSSR count). The Morgan fingerprint density at radius 1 is 1.40 bits per heavy atom. The predicted molar refractivity (Wildman–Crippen MR) is 74.9 cm³/mol. The number of nitrogens with one attached hydrogen (secondary N) is 1. The maximum Gasteiger partial charge on any atom is 0.258 e. The largest absolute Gasteiger partial charge is 0.497 e. The summed E-state index contributed by atoms with van der Waals surface area (Å²) in [5.74, 6) is -0.119. The number of nitrogens with two attached hydrogens (primary N) is 1. The van der Waals surface area contributed by atoms with Crippen LogP contribution in [0.5, 0.6) is 11.5 Å². The fourth-order valence-corrected chi connectivity index (χ4v) is 1.51. The molecular formula is C14H20N2O4. The highest BCUT2D eigenvalue weighted by molar-refractivity contribution is 5.96. The molecule has 0 aliphatic rings. The van der Waals surface area contributed by atoms with Gasteiger partial charge in [-0.15, -0.1) is 0 Å². The second-order valence-corrected chi connectivity index (χ2v) is 4.39. The van der Waals surface area contributed by atoms with Crippen LogP contribution >= 0.6 is 0 Å². The van der Waals surface area contributed by atoms with Gasteiger partial charge in [-0.2, -0.15) is 0 Å². The molecule has 0 unspecified atom stereocenters. The van der Waals surface area contributed by atoms with Crippen molar-refractivity contribution in [2.75, 3.05) is 13.7 Å². The molecule has 1 atom stereocenters. The number of benzene rings is 1. The lowest BCUT2D eigenvalue weighted by Crippen LogP contribution is -2.35. The van der Waals surface area contributed by atoms with Crippen molar-refractivity contribution in [1.29, 1.82) is 0 Å². The predicted octanol–water partition coefficient (Wildman–Crippen LogP) is 1.09. The van der Waals surface area contributed by atoms with Gasteiger partial charge < -0.3 is 20.5 Å². The van der Waals surface area contributed by atoms with Gasteiger partial charge in [0, 0.05) is 12.1 Å². The summed E-state index contributed by atoms with van der Waals surface area (Å²) in [5.41, 5.74) is 5.46. The van der Waals surface area contributed by atoms with Crippen LogP contribution in [0, 0.1) is 0 Å². The Bertz CT molecular complexity index is 488. The third kappa shape index (κ3) is 4.46. The molecule has 0 saturated carbocycles. The molecule has 0 aliphatic carbocycles. The lowest BCUT2D eigenvalue weighted by molar-refractivity contribution is -0.123. The van der Waals surface area contributed by atoms with Crippen LogP contribution in [0.3, 0.4) is 0 Å². The zero-order valence-electron chi connectivity index (χ0n) is 11.9. The van der Waals surface area contributed by atoms with Crippen molar-refractivity contribution < 1.29 is 19.1 Å². The van der Waals surface area contributed by atoms with Crippen LogP contribution in [0.15, 0.2) is 18.2 Å². The Labute approximate surface area is 118 Å². The summed E-state index contributed by atoms with van der Waals surface area (Å²) in [7, 11) is 1.50. The summed E-state index contributed by atoms with van der Waals surface area (Å²) in [6.07, 6.45) is 0.831. The molecule has 0 radical (unpaired) electrons. The van der Waals surface area contributed by atoms with Crippen LogP contribution in [0.2, 0.25) is 0 Å². The Kier molecular flexibility index (Phi) is 5.83. The van der Waals surface area contributed by atoms with Crippen molar-refractivity contribution in [3.8, 4) is 11.5 Å². The van der Waals surface area contributed by atoms with E-state index in [4.69, 9.17) is 15.2 Å². The average molecular weight is 280 g/mol. The number of carbonyl (C=O) groups excluding carboxylic acids is 2.